The van der Waals surface area contributed by atoms with E-state index in [1.165, 1.54) is 49.5 Å². The van der Waals surface area contributed by atoms with Gasteiger partial charge in [-0.25, -0.2) is 9.50 Å². The van der Waals surface area contributed by atoms with E-state index in [4.69, 9.17) is 5.73 Å². The molecule has 4 heterocycles. The number of carbonyl (C=O) groups is 1. The molecular formula is C25H18F6N8O. The fourth-order valence-electron chi connectivity index (χ4n) is 4.25. The van der Waals surface area contributed by atoms with Gasteiger partial charge in [0.15, 0.2) is 17.7 Å². The Morgan fingerprint density at radius 2 is 1.75 bits per heavy atom. The molecule has 0 bridgehead atoms. The van der Waals surface area contributed by atoms with Crippen molar-refractivity contribution in [2.75, 3.05) is 11.1 Å². The van der Waals surface area contributed by atoms with Crippen molar-refractivity contribution in [3.05, 3.63) is 89.6 Å². The zero-order valence-electron chi connectivity index (χ0n) is 20.4. The van der Waals surface area contributed by atoms with E-state index in [-0.39, 0.29) is 33.9 Å². The number of alkyl halides is 6. The maximum Gasteiger partial charge on any atom is 0.418 e. The molecule has 206 valence electrons. The molecule has 9 nitrogen and oxygen atoms in total. The minimum atomic E-state index is -4.77. The molecule has 0 fully saturated rings. The summed E-state index contributed by atoms with van der Waals surface area (Å²) in [5, 5.41) is 10.2. The van der Waals surface area contributed by atoms with Crippen molar-refractivity contribution < 1.29 is 31.1 Å². The fourth-order valence-corrected chi connectivity index (χ4v) is 4.25. The lowest BCUT2D eigenvalue weighted by atomic mass is 10.1. The smallest absolute Gasteiger partial charge is 0.382 e. The van der Waals surface area contributed by atoms with Gasteiger partial charge in [0.25, 0.3) is 5.91 Å². The van der Waals surface area contributed by atoms with Crippen molar-refractivity contribution in [3.8, 4) is 11.3 Å². The Labute approximate surface area is 221 Å². The third kappa shape index (κ3) is 4.92. The van der Waals surface area contributed by atoms with Crippen LogP contribution in [0.2, 0.25) is 0 Å². The number of nitrogens with one attached hydrogen (secondary N) is 1. The predicted molar refractivity (Wildman–Crippen MR) is 131 cm³/mol. The number of nitrogen functional groups attached to an aromatic ring is 1. The number of nitrogens with two attached hydrogens (primary N) is 1. The van der Waals surface area contributed by atoms with Gasteiger partial charge in [0.05, 0.1) is 22.5 Å². The molecule has 0 spiro atoms. The van der Waals surface area contributed by atoms with Crippen LogP contribution >= 0.6 is 0 Å². The van der Waals surface area contributed by atoms with E-state index in [0.717, 1.165) is 23.1 Å². The predicted octanol–water partition coefficient (Wildman–Crippen LogP) is 5.30. The summed E-state index contributed by atoms with van der Waals surface area (Å²) in [5.41, 5.74) is 4.32. The molecule has 40 heavy (non-hydrogen) atoms. The highest BCUT2D eigenvalue weighted by Gasteiger charge is 2.43. The maximum absolute atomic E-state index is 13.9. The molecule has 0 aliphatic carbocycles. The number of fused-ring (bicyclic) bond motifs is 1. The summed E-state index contributed by atoms with van der Waals surface area (Å²) in [5.74, 6) is -1.35. The van der Waals surface area contributed by atoms with Gasteiger partial charge in [-0.05, 0) is 24.6 Å². The molecule has 5 aromatic rings. The summed E-state index contributed by atoms with van der Waals surface area (Å²) in [4.78, 5) is 20.8. The Balaban J connectivity index is 1.48. The standard InChI is InChI=1S/C25H18F6N8O/c1-13-16(9-15(11-33-13)18-10-17(24(26,27)28)20-22(32)34-12-35-39(18)20)23(40)36-19-7-8-38(37-19)21(25(29,30)31)14-5-3-2-4-6-14/h2-12,21H,1H3,(H2,32,34,35)(H,36,37,40). The van der Waals surface area contributed by atoms with Crippen LogP contribution in [0.1, 0.15) is 33.2 Å². The number of hydrogen-bond donors (Lipinski definition) is 2. The molecule has 0 saturated carbocycles. The van der Waals surface area contributed by atoms with E-state index in [9.17, 15) is 31.1 Å². The molecule has 1 aromatic carbocycles. The van der Waals surface area contributed by atoms with E-state index in [1.54, 1.807) is 6.07 Å². The minimum absolute atomic E-state index is 0.0481. The van der Waals surface area contributed by atoms with Gasteiger partial charge in [-0.2, -0.15) is 36.5 Å². The number of anilines is 2. The van der Waals surface area contributed by atoms with E-state index in [1.807, 2.05) is 0 Å². The average molecular weight is 560 g/mol. The third-order valence-electron chi connectivity index (χ3n) is 6.06. The topological polar surface area (TPSA) is 116 Å². The van der Waals surface area contributed by atoms with Crippen molar-refractivity contribution in [1.29, 1.82) is 0 Å². The number of aryl methyl sites for hydroxylation is 1. The number of amides is 1. The first kappa shape index (κ1) is 26.6. The van der Waals surface area contributed by atoms with Crippen LogP contribution in [0, 0.1) is 6.92 Å². The summed E-state index contributed by atoms with van der Waals surface area (Å²) in [6.07, 6.45) is -6.12. The van der Waals surface area contributed by atoms with Gasteiger partial charge >= 0.3 is 12.4 Å². The molecule has 4 aromatic heterocycles. The Hall–Kier alpha value is -4.95. The molecule has 1 amide bonds. The number of halogens is 6. The van der Waals surface area contributed by atoms with Gasteiger partial charge in [-0.3, -0.25) is 14.5 Å². The SMILES string of the molecule is Cc1ncc(-c2cc(C(F)(F)F)c3c(N)ncnn23)cc1C(=O)Nc1ccn(C(c2ccccc2)C(F)(F)F)n1. The Kier molecular flexibility index (Phi) is 6.44. The summed E-state index contributed by atoms with van der Waals surface area (Å²) < 4.78 is 84.3. The molecule has 1 atom stereocenters. The quantitative estimate of drug-likeness (QED) is 0.282. The van der Waals surface area contributed by atoms with Gasteiger partial charge in [0.1, 0.15) is 11.8 Å². The van der Waals surface area contributed by atoms with Crippen LogP contribution in [0.3, 0.4) is 0 Å². The van der Waals surface area contributed by atoms with Crippen LogP contribution in [-0.2, 0) is 6.18 Å². The molecule has 1 unspecified atom stereocenters. The maximum atomic E-state index is 13.9. The van der Waals surface area contributed by atoms with Crippen LogP contribution in [0.5, 0.6) is 0 Å². The molecule has 5 rings (SSSR count). The second-order valence-electron chi connectivity index (χ2n) is 8.69. The lowest BCUT2D eigenvalue weighted by Crippen LogP contribution is -2.28. The highest BCUT2D eigenvalue weighted by molar-refractivity contribution is 6.05. The van der Waals surface area contributed by atoms with Crippen molar-refractivity contribution >= 4 is 23.1 Å². The van der Waals surface area contributed by atoms with E-state index < -0.39 is 41.2 Å². The number of hydrogen-bond acceptors (Lipinski definition) is 6. The van der Waals surface area contributed by atoms with Crippen LogP contribution < -0.4 is 11.1 Å². The fraction of sp³-hybridized carbons (Fsp3) is 0.160. The molecule has 15 heteroatoms. The minimum Gasteiger partial charge on any atom is -0.382 e. The number of rotatable bonds is 5. The summed E-state index contributed by atoms with van der Waals surface area (Å²) in [6.45, 7) is 1.49. The summed E-state index contributed by atoms with van der Waals surface area (Å²) in [6, 6.07) is 8.35. The normalized spacial score (nSPS) is 13.0. The first-order valence-electron chi connectivity index (χ1n) is 11.5. The Morgan fingerprint density at radius 3 is 2.42 bits per heavy atom. The number of aromatic nitrogens is 6. The zero-order chi connectivity index (χ0) is 28.8. The van der Waals surface area contributed by atoms with Crippen molar-refractivity contribution in [2.45, 2.75) is 25.3 Å². The molecule has 0 aliphatic rings. The Bertz CT molecular complexity index is 1710. The van der Waals surface area contributed by atoms with Gasteiger partial charge in [0.2, 0.25) is 0 Å². The second-order valence-corrected chi connectivity index (χ2v) is 8.69. The highest BCUT2D eigenvalue weighted by Crippen LogP contribution is 2.39. The summed E-state index contributed by atoms with van der Waals surface area (Å²) >= 11 is 0. The largest absolute Gasteiger partial charge is 0.418 e. The van der Waals surface area contributed by atoms with Crippen molar-refractivity contribution in [3.63, 3.8) is 0 Å². The lowest BCUT2D eigenvalue weighted by molar-refractivity contribution is -0.159. The second kappa shape index (κ2) is 9.66. The summed E-state index contributed by atoms with van der Waals surface area (Å²) in [7, 11) is 0. The first-order chi connectivity index (χ1) is 18.8. The van der Waals surface area contributed by atoms with Gasteiger partial charge in [-0.15, -0.1) is 0 Å². The van der Waals surface area contributed by atoms with Gasteiger partial charge < -0.3 is 11.1 Å². The zero-order valence-corrected chi connectivity index (χ0v) is 20.4. The number of benzene rings is 1. The number of nitrogens with zero attached hydrogens (tertiary/aromatic N) is 6. The average Bonchev–Trinajstić information content (AvgIpc) is 3.50. The van der Waals surface area contributed by atoms with Crippen LogP contribution in [0.4, 0.5) is 38.0 Å². The molecule has 0 aliphatic heterocycles. The van der Waals surface area contributed by atoms with E-state index in [2.05, 4.69) is 25.5 Å². The third-order valence-corrected chi connectivity index (χ3v) is 6.06. The molecule has 0 saturated heterocycles. The van der Waals surface area contributed by atoms with Gasteiger partial charge in [0, 0.05) is 24.0 Å². The Morgan fingerprint density at radius 1 is 1.02 bits per heavy atom. The van der Waals surface area contributed by atoms with Crippen LogP contribution in [-0.4, -0.2) is 41.4 Å². The van der Waals surface area contributed by atoms with Crippen LogP contribution in [0.25, 0.3) is 16.8 Å². The van der Waals surface area contributed by atoms with E-state index in [0.29, 0.717) is 4.68 Å². The first-order valence-corrected chi connectivity index (χ1v) is 11.5. The van der Waals surface area contributed by atoms with Crippen LogP contribution in [0.15, 0.2) is 67.3 Å². The number of pyridine rings is 1. The highest BCUT2D eigenvalue weighted by atomic mass is 19.4. The van der Waals surface area contributed by atoms with E-state index >= 15 is 0 Å². The van der Waals surface area contributed by atoms with Gasteiger partial charge in [-0.1, -0.05) is 30.3 Å². The molecule has 0 radical (unpaired) electrons. The molecule has 3 N–H and O–H groups in total. The van der Waals surface area contributed by atoms with Crippen molar-refractivity contribution in [2.24, 2.45) is 0 Å². The number of carbonyl (C=O) groups excluding carboxylic acids is 1. The monoisotopic (exact) mass is 560 g/mol. The van der Waals surface area contributed by atoms with Crippen molar-refractivity contribution in [1.82, 2.24) is 29.4 Å². The lowest BCUT2D eigenvalue weighted by Gasteiger charge is -2.21. The molecular weight excluding hydrogens is 542 g/mol.